The van der Waals surface area contributed by atoms with Gasteiger partial charge in [0.1, 0.15) is 11.6 Å². The van der Waals surface area contributed by atoms with E-state index in [2.05, 4.69) is 10.6 Å². The third kappa shape index (κ3) is 4.10. The largest absolute Gasteiger partial charge is 0.505 e. The number of nitrogens with two attached hydrogens (primary N) is 1. The number of anilines is 1. The van der Waals surface area contributed by atoms with Crippen LogP contribution in [0.5, 0.6) is 5.75 Å². The standard InChI is InChI=1S/C13H17N3O5/c1-6(2)9(16-13(14)21)11(18)15-8-5-3-4-7(10(8)17)12(19)20/h3-6,9,17H,1-2H3,(H,15,18)(H,19,20)(H3,14,16,21). The molecule has 0 aliphatic heterocycles. The Kier molecular flexibility index (Phi) is 5.12. The zero-order chi connectivity index (χ0) is 16.2. The number of carbonyl (C=O) groups is 3. The van der Waals surface area contributed by atoms with Crippen molar-refractivity contribution in [2.45, 2.75) is 19.9 Å². The molecule has 21 heavy (non-hydrogen) atoms. The van der Waals surface area contributed by atoms with Gasteiger partial charge in [0.25, 0.3) is 0 Å². The van der Waals surface area contributed by atoms with Crippen LogP contribution >= 0.6 is 0 Å². The maximum atomic E-state index is 12.1. The number of benzene rings is 1. The molecule has 0 bridgehead atoms. The number of hydrogen-bond donors (Lipinski definition) is 5. The van der Waals surface area contributed by atoms with Gasteiger partial charge in [-0.05, 0) is 18.1 Å². The zero-order valence-electron chi connectivity index (χ0n) is 11.6. The van der Waals surface area contributed by atoms with E-state index in [1.165, 1.54) is 18.2 Å². The molecule has 0 radical (unpaired) electrons. The number of rotatable bonds is 5. The molecule has 1 rings (SSSR count). The molecule has 1 aromatic carbocycles. The van der Waals surface area contributed by atoms with Crippen molar-refractivity contribution in [2.24, 2.45) is 11.7 Å². The zero-order valence-corrected chi connectivity index (χ0v) is 11.6. The average molecular weight is 295 g/mol. The number of nitrogens with one attached hydrogen (secondary N) is 2. The Bertz CT molecular complexity index is 571. The van der Waals surface area contributed by atoms with Crippen molar-refractivity contribution in [1.82, 2.24) is 5.32 Å². The van der Waals surface area contributed by atoms with Crippen LogP contribution in [-0.4, -0.2) is 34.2 Å². The molecule has 0 fully saturated rings. The molecule has 0 aliphatic carbocycles. The number of aromatic hydroxyl groups is 1. The number of phenols is 1. The fraction of sp³-hybridized carbons (Fsp3) is 0.308. The Morgan fingerprint density at radius 3 is 2.33 bits per heavy atom. The van der Waals surface area contributed by atoms with Crippen molar-refractivity contribution in [1.29, 1.82) is 0 Å². The molecule has 8 nitrogen and oxygen atoms in total. The van der Waals surface area contributed by atoms with Gasteiger partial charge < -0.3 is 26.6 Å². The van der Waals surface area contributed by atoms with Crippen LogP contribution < -0.4 is 16.4 Å². The summed E-state index contributed by atoms with van der Waals surface area (Å²) in [4.78, 5) is 33.9. The highest BCUT2D eigenvalue weighted by Crippen LogP contribution is 2.27. The lowest BCUT2D eigenvalue weighted by Gasteiger charge is -2.21. The Morgan fingerprint density at radius 2 is 1.86 bits per heavy atom. The highest BCUT2D eigenvalue weighted by molar-refractivity contribution is 6.00. The second-order valence-corrected chi connectivity index (χ2v) is 4.73. The van der Waals surface area contributed by atoms with Crippen molar-refractivity contribution in [2.75, 3.05) is 5.32 Å². The number of carboxylic acids is 1. The molecule has 1 unspecified atom stereocenters. The van der Waals surface area contributed by atoms with E-state index >= 15 is 0 Å². The van der Waals surface area contributed by atoms with E-state index < -0.39 is 29.7 Å². The number of urea groups is 1. The van der Waals surface area contributed by atoms with Crippen LogP contribution in [-0.2, 0) is 4.79 Å². The van der Waals surface area contributed by atoms with Crippen molar-refractivity contribution in [3.8, 4) is 5.75 Å². The lowest BCUT2D eigenvalue weighted by Crippen LogP contribution is -2.49. The van der Waals surface area contributed by atoms with E-state index in [0.717, 1.165) is 0 Å². The molecule has 8 heteroatoms. The highest BCUT2D eigenvalue weighted by Gasteiger charge is 2.24. The van der Waals surface area contributed by atoms with Gasteiger partial charge in [0.2, 0.25) is 5.91 Å². The molecule has 0 saturated heterocycles. The van der Waals surface area contributed by atoms with E-state index in [9.17, 15) is 19.5 Å². The number of primary amides is 1. The lowest BCUT2D eigenvalue weighted by molar-refractivity contribution is -0.118. The molecule has 0 aliphatic rings. The fourth-order valence-corrected chi connectivity index (χ4v) is 1.72. The van der Waals surface area contributed by atoms with Crippen LogP contribution in [0.3, 0.4) is 0 Å². The summed E-state index contributed by atoms with van der Waals surface area (Å²) in [5.41, 5.74) is 4.60. The summed E-state index contributed by atoms with van der Waals surface area (Å²) >= 11 is 0. The first-order valence-electron chi connectivity index (χ1n) is 6.16. The minimum Gasteiger partial charge on any atom is -0.505 e. The van der Waals surface area contributed by atoms with Crippen molar-refractivity contribution >= 4 is 23.6 Å². The lowest BCUT2D eigenvalue weighted by atomic mass is 10.0. The van der Waals surface area contributed by atoms with Crippen molar-refractivity contribution < 1.29 is 24.6 Å². The minimum absolute atomic E-state index is 0.0585. The van der Waals surface area contributed by atoms with Gasteiger partial charge in [-0.1, -0.05) is 19.9 Å². The van der Waals surface area contributed by atoms with Gasteiger partial charge in [0, 0.05) is 0 Å². The van der Waals surface area contributed by atoms with Gasteiger partial charge in [-0.25, -0.2) is 9.59 Å². The molecule has 114 valence electrons. The summed E-state index contributed by atoms with van der Waals surface area (Å²) in [5, 5.41) is 23.4. The Hall–Kier alpha value is -2.77. The summed E-state index contributed by atoms with van der Waals surface area (Å²) in [6.45, 7) is 3.40. The van der Waals surface area contributed by atoms with Crippen LogP contribution in [0, 0.1) is 5.92 Å². The summed E-state index contributed by atoms with van der Waals surface area (Å²) in [6, 6.07) is 2.17. The predicted molar refractivity (Wildman–Crippen MR) is 75.0 cm³/mol. The monoisotopic (exact) mass is 295 g/mol. The quantitative estimate of drug-likeness (QED) is 0.509. The Morgan fingerprint density at radius 1 is 1.24 bits per heavy atom. The summed E-state index contributed by atoms with van der Waals surface area (Å²) in [6.07, 6.45) is 0. The van der Waals surface area contributed by atoms with Crippen LogP contribution in [0.25, 0.3) is 0 Å². The van der Waals surface area contributed by atoms with Gasteiger partial charge in [-0.3, -0.25) is 4.79 Å². The molecule has 0 aromatic heterocycles. The summed E-state index contributed by atoms with van der Waals surface area (Å²) in [7, 11) is 0. The van der Waals surface area contributed by atoms with E-state index in [1.54, 1.807) is 13.8 Å². The molecule has 1 atom stereocenters. The predicted octanol–water partition coefficient (Wildman–Crippen LogP) is 0.722. The maximum absolute atomic E-state index is 12.1. The molecule has 1 aromatic rings. The molecule has 3 amide bonds. The third-order valence-electron chi connectivity index (χ3n) is 2.77. The number of carbonyl (C=O) groups excluding carboxylic acids is 2. The molecular formula is C13H17N3O5. The SMILES string of the molecule is CC(C)C(NC(N)=O)C(=O)Nc1cccc(C(=O)O)c1O. The molecule has 6 N–H and O–H groups in total. The van der Waals surface area contributed by atoms with Gasteiger partial charge in [0.15, 0.2) is 5.75 Å². The molecule has 0 heterocycles. The van der Waals surface area contributed by atoms with Crippen molar-refractivity contribution in [3.05, 3.63) is 23.8 Å². The third-order valence-corrected chi connectivity index (χ3v) is 2.77. The normalized spacial score (nSPS) is 11.8. The molecule has 0 spiro atoms. The van der Waals surface area contributed by atoms with Gasteiger partial charge in [-0.2, -0.15) is 0 Å². The first-order valence-corrected chi connectivity index (χ1v) is 6.16. The van der Waals surface area contributed by atoms with Crippen LogP contribution in [0.2, 0.25) is 0 Å². The first kappa shape index (κ1) is 16.3. The van der Waals surface area contributed by atoms with Crippen LogP contribution in [0.1, 0.15) is 24.2 Å². The smallest absolute Gasteiger partial charge is 0.339 e. The molecule has 0 saturated carbocycles. The topological polar surface area (TPSA) is 142 Å². The Balaban J connectivity index is 2.99. The first-order chi connectivity index (χ1) is 9.73. The van der Waals surface area contributed by atoms with E-state index in [1.807, 2.05) is 0 Å². The van der Waals surface area contributed by atoms with Crippen LogP contribution in [0.4, 0.5) is 10.5 Å². The summed E-state index contributed by atoms with van der Waals surface area (Å²) in [5.74, 6) is -2.73. The Labute approximate surface area is 120 Å². The van der Waals surface area contributed by atoms with Crippen LogP contribution in [0.15, 0.2) is 18.2 Å². The average Bonchev–Trinajstić information content (AvgIpc) is 2.37. The maximum Gasteiger partial charge on any atom is 0.339 e. The highest BCUT2D eigenvalue weighted by atomic mass is 16.4. The van der Waals surface area contributed by atoms with Gasteiger partial charge >= 0.3 is 12.0 Å². The summed E-state index contributed by atoms with van der Waals surface area (Å²) < 4.78 is 0. The van der Waals surface area contributed by atoms with Gasteiger partial charge in [0.05, 0.1) is 5.69 Å². The molecular weight excluding hydrogens is 278 g/mol. The minimum atomic E-state index is -1.32. The second-order valence-electron chi connectivity index (χ2n) is 4.73. The number of amides is 3. The van der Waals surface area contributed by atoms with E-state index in [0.29, 0.717) is 0 Å². The van der Waals surface area contributed by atoms with E-state index in [4.69, 9.17) is 10.8 Å². The number of para-hydroxylation sites is 1. The van der Waals surface area contributed by atoms with Gasteiger partial charge in [-0.15, -0.1) is 0 Å². The number of aromatic carboxylic acids is 1. The van der Waals surface area contributed by atoms with Crippen molar-refractivity contribution in [3.63, 3.8) is 0 Å². The second kappa shape index (κ2) is 6.60. The fourth-order valence-electron chi connectivity index (χ4n) is 1.72. The number of hydrogen-bond acceptors (Lipinski definition) is 4. The van der Waals surface area contributed by atoms with E-state index in [-0.39, 0.29) is 17.2 Å². The number of carboxylic acid groups (broad SMARTS) is 1.